The van der Waals surface area contributed by atoms with E-state index in [4.69, 9.17) is 19.3 Å². The molecule has 0 radical (unpaired) electrons. The van der Waals surface area contributed by atoms with Crippen LogP contribution in [0.4, 0.5) is 14.0 Å². The summed E-state index contributed by atoms with van der Waals surface area (Å²) in [5.74, 6) is -1.05. The van der Waals surface area contributed by atoms with Crippen molar-refractivity contribution < 1.29 is 38.4 Å². The van der Waals surface area contributed by atoms with Crippen LogP contribution >= 0.6 is 0 Å². The molecular formula is C21H16FNO7. The van der Waals surface area contributed by atoms with Crippen LogP contribution in [0.3, 0.4) is 0 Å². The van der Waals surface area contributed by atoms with Gasteiger partial charge in [0.05, 0.1) is 18.1 Å². The smallest absolute Gasteiger partial charge is 0.494 e. The van der Waals surface area contributed by atoms with Gasteiger partial charge in [-0.05, 0) is 41.8 Å². The van der Waals surface area contributed by atoms with Crippen molar-refractivity contribution in [2.24, 2.45) is 0 Å². The minimum Gasteiger partial charge on any atom is -0.494 e. The lowest BCUT2D eigenvalue weighted by Crippen LogP contribution is -2.07. The molecule has 0 spiro atoms. The van der Waals surface area contributed by atoms with Gasteiger partial charge in [-0.1, -0.05) is 19.1 Å². The van der Waals surface area contributed by atoms with E-state index in [1.54, 1.807) is 28.7 Å². The van der Waals surface area contributed by atoms with Crippen molar-refractivity contribution in [3.63, 3.8) is 0 Å². The summed E-state index contributed by atoms with van der Waals surface area (Å²) in [4.78, 5) is 22.6. The molecule has 2 N–H and O–H groups in total. The summed E-state index contributed by atoms with van der Waals surface area (Å²) in [5.41, 5.74) is 3.09. The second-order valence-corrected chi connectivity index (χ2v) is 6.43. The van der Waals surface area contributed by atoms with Crippen LogP contribution in [-0.4, -0.2) is 34.0 Å². The molecule has 0 aliphatic carbocycles. The van der Waals surface area contributed by atoms with Gasteiger partial charge in [-0.2, -0.15) is 0 Å². The number of methoxy groups -OCH3 is 1. The van der Waals surface area contributed by atoms with Crippen LogP contribution in [0.2, 0.25) is 0 Å². The monoisotopic (exact) mass is 413 g/mol. The zero-order valence-electron chi connectivity index (χ0n) is 15.9. The van der Waals surface area contributed by atoms with E-state index in [0.717, 1.165) is 5.56 Å². The molecule has 1 aromatic carbocycles. The SMILES string of the molecule is CCc1c(-c2ccc(OC)c(F)c2)c2c(OC(=O)O)c(OC(=O)O)c3cccc1n32. The van der Waals surface area contributed by atoms with Crippen molar-refractivity contribution in [3.8, 4) is 28.4 Å². The average Bonchev–Trinajstić information content (AvgIpc) is 3.18. The van der Waals surface area contributed by atoms with Gasteiger partial charge >= 0.3 is 12.3 Å². The molecule has 3 aromatic heterocycles. The van der Waals surface area contributed by atoms with E-state index in [2.05, 4.69) is 0 Å². The molecule has 0 unspecified atom stereocenters. The Bertz CT molecular complexity index is 1290. The molecule has 0 atom stereocenters. The summed E-state index contributed by atoms with van der Waals surface area (Å²) in [6.07, 6.45) is -2.71. The van der Waals surface area contributed by atoms with Gasteiger partial charge < -0.3 is 28.8 Å². The van der Waals surface area contributed by atoms with Crippen LogP contribution in [0.25, 0.3) is 27.7 Å². The molecule has 0 aliphatic rings. The standard InChI is InChI=1S/C21H16FNO7/c1-3-11-13-5-4-6-14-18(29-20(24)25)19(30-21(26)27)17(23(13)14)16(11)10-7-8-15(28-2)12(22)9-10/h4-9H,3H2,1-2H3,(H,24,25)(H,26,27). The van der Waals surface area contributed by atoms with Gasteiger partial charge in [0.25, 0.3) is 0 Å². The van der Waals surface area contributed by atoms with Crippen LogP contribution in [-0.2, 0) is 6.42 Å². The maximum atomic E-state index is 14.5. The van der Waals surface area contributed by atoms with Crippen molar-refractivity contribution in [2.45, 2.75) is 13.3 Å². The molecule has 0 saturated heterocycles. The first-order valence-corrected chi connectivity index (χ1v) is 8.94. The van der Waals surface area contributed by atoms with E-state index in [9.17, 15) is 19.1 Å². The number of carbonyl (C=O) groups is 2. The zero-order chi connectivity index (χ0) is 21.6. The number of pyridine rings is 1. The van der Waals surface area contributed by atoms with Crippen molar-refractivity contribution in [2.75, 3.05) is 7.11 Å². The minimum atomic E-state index is -1.64. The molecule has 0 saturated carbocycles. The van der Waals surface area contributed by atoms with Crippen LogP contribution in [0.1, 0.15) is 12.5 Å². The first-order chi connectivity index (χ1) is 14.4. The summed E-state index contributed by atoms with van der Waals surface area (Å²) in [6, 6.07) is 9.46. The Morgan fingerprint density at radius 2 is 1.70 bits per heavy atom. The Labute approximate surface area is 169 Å². The summed E-state index contributed by atoms with van der Waals surface area (Å²) in [6.45, 7) is 1.91. The highest BCUT2D eigenvalue weighted by atomic mass is 19.1. The van der Waals surface area contributed by atoms with Gasteiger partial charge in [0.2, 0.25) is 11.5 Å². The average molecular weight is 413 g/mol. The predicted octanol–water partition coefficient (Wildman–Crippen LogP) is 5.02. The van der Waals surface area contributed by atoms with E-state index in [1.807, 2.05) is 6.92 Å². The Kier molecular flexibility index (Phi) is 4.57. The van der Waals surface area contributed by atoms with Crippen LogP contribution in [0, 0.1) is 5.82 Å². The van der Waals surface area contributed by atoms with Gasteiger partial charge in [-0.25, -0.2) is 14.0 Å². The van der Waals surface area contributed by atoms with Gasteiger partial charge in [-0.15, -0.1) is 0 Å². The molecule has 9 heteroatoms. The molecule has 0 fully saturated rings. The van der Waals surface area contributed by atoms with E-state index in [1.165, 1.54) is 19.2 Å². The highest BCUT2D eigenvalue weighted by molar-refractivity contribution is 6.03. The molecule has 8 nitrogen and oxygen atoms in total. The fourth-order valence-electron chi connectivity index (χ4n) is 3.84. The van der Waals surface area contributed by atoms with Gasteiger partial charge in [0, 0.05) is 5.56 Å². The second kappa shape index (κ2) is 7.11. The first-order valence-electron chi connectivity index (χ1n) is 8.94. The van der Waals surface area contributed by atoms with E-state index >= 15 is 0 Å². The third-order valence-electron chi connectivity index (χ3n) is 4.89. The maximum Gasteiger partial charge on any atom is 0.511 e. The third kappa shape index (κ3) is 2.83. The molecule has 4 aromatic rings. The van der Waals surface area contributed by atoms with Crippen molar-refractivity contribution in [3.05, 3.63) is 47.8 Å². The number of hydrogen-bond acceptors (Lipinski definition) is 5. The number of benzene rings is 1. The van der Waals surface area contributed by atoms with E-state index in [-0.39, 0.29) is 22.8 Å². The Morgan fingerprint density at radius 1 is 1.03 bits per heavy atom. The highest BCUT2D eigenvalue weighted by Crippen LogP contribution is 2.49. The van der Waals surface area contributed by atoms with Gasteiger partial charge in [0.15, 0.2) is 11.6 Å². The Balaban J connectivity index is 2.15. The Hall–Kier alpha value is -4.01. The van der Waals surface area contributed by atoms with Crippen LogP contribution < -0.4 is 14.2 Å². The number of ether oxygens (including phenoxy) is 3. The van der Waals surface area contributed by atoms with Crippen LogP contribution in [0.15, 0.2) is 36.4 Å². The molecular weight excluding hydrogens is 397 g/mol. The second-order valence-electron chi connectivity index (χ2n) is 6.43. The molecule has 30 heavy (non-hydrogen) atoms. The number of rotatable bonds is 5. The first kappa shape index (κ1) is 19.3. The fourth-order valence-corrected chi connectivity index (χ4v) is 3.84. The molecule has 3 heterocycles. The molecule has 0 bridgehead atoms. The number of hydrogen-bond donors (Lipinski definition) is 2. The number of aromatic nitrogens is 1. The third-order valence-corrected chi connectivity index (χ3v) is 4.89. The normalized spacial score (nSPS) is 11.2. The summed E-state index contributed by atoms with van der Waals surface area (Å²) in [5, 5.41) is 18.4. The lowest BCUT2D eigenvalue weighted by Gasteiger charge is -2.09. The minimum absolute atomic E-state index is 0.0603. The quantitative estimate of drug-likeness (QED) is 0.442. The zero-order valence-corrected chi connectivity index (χ0v) is 15.9. The molecule has 4 rings (SSSR count). The predicted molar refractivity (Wildman–Crippen MR) is 105 cm³/mol. The van der Waals surface area contributed by atoms with Crippen LogP contribution in [0.5, 0.6) is 17.2 Å². The van der Waals surface area contributed by atoms with Gasteiger partial charge in [-0.3, -0.25) is 0 Å². The summed E-state index contributed by atoms with van der Waals surface area (Å²) in [7, 11) is 1.35. The highest BCUT2D eigenvalue weighted by Gasteiger charge is 2.30. The molecule has 0 amide bonds. The number of aryl methyl sites for hydroxylation is 1. The lowest BCUT2D eigenvalue weighted by atomic mass is 9.99. The summed E-state index contributed by atoms with van der Waals surface area (Å²) >= 11 is 0. The Morgan fingerprint density at radius 3 is 2.30 bits per heavy atom. The van der Waals surface area contributed by atoms with Crippen molar-refractivity contribution >= 4 is 28.9 Å². The largest absolute Gasteiger partial charge is 0.511 e. The molecule has 154 valence electrons. The van der Waals surface area contributed by atoms with Gasteiger partial charge in [0.1, 0.15) is 5.52 Å². The van der Waals surface area contributed by atoms with E-state index in [0.29, 0.717) is 28.6 Å². The fraction of sp³-hybridized carbons (Fsp3) is 0.143. The lowest BCUT2D eigenvalue weighted by molar-refractivity contribution is 0.134. The number of carboxylic acid groups (broad SMARTS) is 2. The van der Waals surface area contributed by atoms with Crippen molar-refractivity contribution in [1.29, 1.82) is 0 Å². The number of nitrogens with zero attached hydrogens (tertiary/aromatic N) is 1. The topological polar surface area (TPSA) is 107 Å². The maximum absolute atomic E-state index is 14.5. The van der Waals surface area contributed by atoms with E-state index < -0.39 is 18.1 Å². The number of halogens is 1. The van der Waals surface area contributed by atoms with Crippen molar-refractivity contribution in [1.82, 2.24) is 4.40 Å². The molecule has 0 aliphatic heterocycles. The summed E-state index contributed by atoms with van der Waals surface area (Å²) < 4.78 is 30.9.